The van der Waals surface area contributed by atoms with E-state index in [1.807, 2.05) is 13.8 Å². The standard InChI is InChI=1S/C41H58O13/c1-19-13-22-7-9-25-20(2)14-24(45-25)11-12-41-17-29-34(53-41)37-38(50-29)39(54-41)32-26(49-37)10-8-23(47-32)15-31(42)51-33-28(16-27(46-22)21(19)3)48-30-18-44-40(4,5)52-35(30)36(33)43-6/h19,22-30,32-39H,2-3,7-18H2,1,4-6H3/t19-,22+,23-,24+,25+,26+,27-,28+,29+,30+,32+,33+,34+,35-,36-,37?,38-,39+,41+/m1/s1. The fraction of sp³-hybridized carbons (Fsp3) is 0.878. The third-order valence-corrected chi connectivity index (χ3v) is 14.1. The lowest BCUT2D eigenvalue weighted by atomic mass is 9.83. The van der Waals surface area contributed by atoms with Crippen LogP contribution >= 0.6 is 0 Å². The van der Waals surface area contributed by atoms with Gasteiger partial charge in [0.05, 0.1) is 55.8 Å². The maximum Gasteiger partial charge on any atom is 0.308 e. The summed E-state index contributed by atoms with van der Waals surface area (Å²) in [6, 6.07) is 0. The van der Waals surface area contributed by atoms with Gasteiger partial charge in [0.2, 0.25) is 0 Å². The second kappa shape index (κ2) is 13.8. The van der Waals surface area contributed by atoms with E-state index in [1.165, 1.54) is 0 Å². The third kappa shape index (κ3) is 6.45. The van der Waals surface area contributed by atoms with E-state index >= 15 is 0 Å². The van der Waals surface area contributed by atoms with E-state index in [4.69, 9.17) is 56.8 Å². The van der Waals surface area contributed by atoms with Gasteiger partial charge in [-0.25, -0.2) is 0 Å². The Bertz CT molecular complexity index is 1490. The molecule has 0 N–H and O–H groups in total. The van der Waals surface area contributed by atoms with Crippen molar-refractivity contribution in [1.29, 1.82) is 0 Å². The van der Waals surface area contributed by atoms with Crippen LogP contribution in [0.25, 0.3) is 0 Å². The first kappa shape index (κ1) is 36.8. The molecule has 13 heteroatoms. The first-order valence-electron chi connectivity index (χ1n) is 20.6. The van der Waals surface area contributed by atoms with Crippen molar-refractivity contribution in [3.05, 3.63) is 24.3 Å². The molecule has 11 rings (SSSR count). The van der Waals surface area contributed by atoms with Crippen LogP contribution in [0.5, 0.6) is 0 Å². The predicted octanol–water partition coefficient (Wildman–Crippen LogP) is 4.22. The largest absolute Gasteiger partial charge is 0.457 e. The summed E-state index contributed by atoms with van der Waals surface area (Å²) in [4.78, 5) is 14.1. The van der Waals surface area contributed by atoms with Crippen molar-refractivity contribution in [2.45, 2.75) is 207 Å². The van der Waals surface area contributed by atoms with Gasteiger partial charge >= 0.3 is 5.97 Å². The van der Waals surface area contributed by atoms with Crippen LogP contribution in [0.2, 0.25) is 0 Å². The van der Waals surface area contributed by atoms with E-state index in [0.29, 0.717) is 32.3 Å². The molecule has 300 valence electrons. The monoisotopic (exact) mass is 758 g/mol. The van der Waals surface area contributed by atoms with Gasteiger partial charge in [0.15, 0.2) is 17.7 Å². The van der Waals surface area contributed by atoms with Crippen LogP contribution in [0.1, 0.15) is 91.4 Å². The van der Waals surface area contributed by atoms with E-state index in [0.717, 1.165) is 49.7 Å². The zero-order valence-electron chi connectivity index (χ0n) is 32.1. The number of hydrogen-bond donors (Lipinski definition) is 0. The molecule has 11 aliphatic heterocycles. The van der Waals surface area contributed by atoms with Crippen LogP contribution in [0.3, 0.4) is 0 Å². The first-order valence-corrected chi connectivity index (χ1v) is 20.6. The molecule has 0 aliphatic carbocycles. The highest BCUT2D eigenvalue weighted by atomic mass is 16.8. The molecule has 11 heterocycles. The third-order valence-electron chi connectivity index (χ3n) is 14.1. The maximum atomic E-state index is 14.1. The van der Waals surface area contributed by atoms with Gasteiger partial charge in [-0.1, -0.05) is 20.1 Å². The minimum Gasteiger partial charge on any atom is -0.457 e. The van der Waals surface area contributed by atoms with Gasteiger partial charge in [-0.15, -0.1) is 0 Å². The van der Waals surface area contributed by atoms with Crippen molar-refractivity contribution in [3.8, 4) is 0 Å². The molecule has 13 nitrogen and oxygen atoms in total. The van der Waals surface area contributed by atoms with Gasteiger partial charge in [0.25, 0.3) is 0 Å². The fourth-order valence-electron chi connectivity index (χ4n) is 11.3. The topological polar surface area (TPSA) is 128 Å². The smallest absolute Gasteiger partial charge is 0.308 e. The summed E-state index contributed by atoms with van der Waals surface area (Å²) in [6.07, 6.45) is 2.24. The lowest BCUT2D eigenvalue weighted by molar-refractivity contribution is -0.361. The number of rotatable bonds is 1. The van der Waals surface area contributed by atoms with E-state index in [9.17, 15) is 4.79 Å². The summed E-state index contributed by atoms with van der Waals surface area (Å²) in [7, 11) is 1.63. The number of methoxy groups -OCH3 is 1. The molecule has 19 atom stereocenters. The van der Waals surface area contributed by atoms with E-state index in [1.54, 1.807) is 7.11 Å². The van der Waals surface area contributed by atoms with Crippen LogP contribution < -0.4 is 0 Å². The quantitative estimate of drug-likeness (QED) is 0.280. The average Bonchev–Trinajstić information content (AvgIpc) is 3.72. The second-order valence-electron chi connectivity index (χ2n) is 18.1. The summed E-state index contributed by atoms with van der Waals surface area (Å²) in [5.41, 5.74) is 2.15. The molecule has 11 fully saturated rings. The highest BCUT2D eigenvalue weighted by Gasteiger charge is 2.69. The molecule has 0 aromatic carbocycles. The van der Waals surface area contributed by atoms with Crippen molar-refractivity contribution in [2.24, 2.45) is 5.92 Å². The van der Waals surface area contributed by atoms with Gasteiger partial charge in [-0.3, -0.25) is 4.79 Å². The Morgan fingerprint density at radius 2 is 1.43 bits per heavy atom. The SMILES string of the molecule is C=C1C[C@@H]2CC[C@@]34C[C@@H]5O[C@@H]6C(O[C@H]7CC[C@H](CC(=O)O[C@@H]8[C@@H](OC)[C@@H]9OC(C)(C)OC[C@@H]9O[C@H]8C[C@H]8O[C@@H](CC[C@@H]1O2)C[C@@H](C)C8=C)O[C@@H]7[C@@H]6O3)[C@H]5O4. The molecular formula is C41H58O13. The fourth-order valence-corrected chi connectivity index (χ4v) is 11.3. The average molecular weight is 759 g/mol. The minimum atomic E-state index is -0.846. The number of carbonyl (C=O) groups is 1. The molecule has 0 radical (unpaired) electrons. The molecule has 0 aromatic heterocycles. The number of hydrogen-bond acceptors (Lipinski definition) is 13. The van der Waals surface area contributed by atoms with E-state index in [-0.39, 0.29) is 85.5 Å². The molecule has 54 heavy (non-hydrogen) atoms. The van der Waals surface area contributed by atoms with Crippen LogP contribution in [-0.4, -0.2) is 135 Å². The van der Waals surface area contributed by atoms with Gasteiger partial charge < -0.3 is 56.8 Å². The molecule has 1 spiro atoms. The summed E-state index contributed by atoms with van der Waals surface area (Å²) in [5.74, 6) is -1.78. The Hall–Kier alpha value is -1.49. The molecule has 11 aliphatic rings. The second-order valence-corrected chi connectivity index (χ2v) is 18.1. The van der Waals surface area contributed by atoms with Crippen LogP contribution in [0, 0.1) is 5.92 Å². The number of esters is 1. The molecule has 11 saturated heterocycles. The van der Waals surface area contributed by atoms with E-state index < -0.39 is 48.2 Å². The normalized spacial score (nSPS) is 54.0. The Morgan fingerprint density at radius 1 is 0.667 bits per heavy atom. The van der Waals surface area contributed by atoms with Gasteiger partial charge in [-0.05, 0) is 75.9 Å². The van der Waals surface area contributed by atoms with Crippen molar-refractivity contribution in [1.82, 2.24) is 0 Å². The van der Waals surface area contributed by atoms with Gasteiger partial charge in [-0.2, -0.15) is 0 Å². The minimum absolute atomic E-state index is 0.0110. The Kier molecular flexibility index (Phi) is 9.43. The Labute approximate surface area is 317 Å². The number of ether oxygens (including phenoxy) is 12. The van der Waals surface area contributed by atoms with Crippen LogP contribution in [0.15, 0.2) is 24.3 Å². The summed E-state index contributed by atoms with van der Waals surface area (Å²) < 4.78 is 79.0. The highest BCUT2D eigenvalue weighted by molar-refractivity contribution is 5.70. The number of carbonyl (C=O) groups excluding carboxylic acids is 1. The zero-order chi connectivity index (χ0) is 37.1. The van der Waals surface area contributed by atoms with Crippen LogP contribution in [-0.2, 0) is 61.6 Å². The molecule has 0 amide bonds. The lowest BCUT2D eigenvalue weighted by Crippen LogP contribution is -2.66. The van der Waals surface area contributed by atoms with Gasteiger partial charge in [0, 0.05) is 26.4 Å². The first-order chi connectivity index (χ1) is 25.9. The predicted molar refractivity (Wildman–Crippen MR) is 188 cm³/mol. The van der Waals surface area contributed by atoms with Gasteiger partial charge in [0.1, 0.15) is 54.9 Å². The maximum absolute atomic E-state index is 14.1. The van der Waals surface area contributed by atoms with Crippen molar-refractivity contribution in [3.63, 3.8) is 0 Å². The molecule has 0 saturated carbocycles. The molecular weight excluding hydrogens is 700 g/mol. The Balaban J connectivity index is 0.947. The molecule has 0 aromatic rings. The van der Waals surface area contributed by atoms with Crippen LogP contribution in [0.4, 0.5) is 0 Å². The Morgan fingerprint density at radius 3 is 2.28 bits per heavy atom. The van der Waals surface area contributed by atoms with Crippen molar-refractivity contribution < 1.29 is 61.6 Å². The van der Waals surface area contributed by atoms with Crippen molar-refractivity contribution in [2.75, 3.05) is 13.7 Å². The van der Waals surface area contributed by atoms with Crippen molar-refractivity contribution >= 4 is 5.97 Å². The summed E-state index contributed by atoms with van der Waals surface area (Å²) in [5, 5.41) is 0. The molecule has 1 unspecified atom stereocenters. The molecule has 12 bridgehead atoms. The van der Waals surface area contributed by atoms with E-state index in [2.05, 4.69) is 20.1 Å². The highest BCUT2D eigenvalue weighted by Crippen LogP contribution is 2.54. The lowest BCUT2D eigenvalue weighted by Gasteiger charge is -2.51. The zero-order valence-corrected chi connectivity index (χ0v) is 32.1. The number of fused-ring (bicyclic) bond motifs is 7. The summed E-state index contributed by atoms with van der Waals surface area (Å²) >= 11 is 0. The summed E-state index contributed by atoms with van der Waals surface area (Å²) in [6.45, 7) is 15.2.